The molecule has 0 aliphatic carbocycles. The van der Waals surface area contributed by atoms with Crippen molar-refractivity contribution in [3.8, 4) is 0 Å². The molecule has 1 unspecified atom stereocenters. The first-order valence-corrected chi connectivity index (χ1v) is 7.43. The number of fused-ring (bicyclic) bond motifs is 1. The van der Waals surface area contributed by atoms with Gasteiger partial charge in [0.2, 0.25) is 0 Å². The second-order valence-corrected chi connectivity index (χ2v) is 6.33. The van der Waals surface area contributed by atoms with Gasteiger partial charge in [0.15, 0.2) is 0 Å². The molecule has 22 heavy (non-hydrogen) atoms. The molecule has 4 nitrogen and oxygen atoms in total. The van der Waals surface area contributed by atoms with Crippen molar-refractivity contribution >= 4 is 16.8 Å². The highest BCUT2D eigenvalue weighted by molar-refractivity contribution is 5.97. The van der Waals surface area contributed by atoms with Gasteiger partial charge < -0.3 is 10.1 Å². The maximum Gasteiger partial charge on any atom is 0.253 e. The summed E-state index contributed by atoms with van der Waals surface area (Å²) in [4.78, 5) is 16.6. The van der Waals surface area contributed by atoms with Crippen LogP contribution in [0.2, 0.25) is 0 Å². The van der Waals surface area contributed by atoms with E-state index in [1.165, 1.54) is 18.3 Å². The number of halogens is 1. The Morgan fingerprint density at radius 3 is 3.00 bits per heavy atom. The van der Waals surface area contributed by atoms with Crippen molar-refractivity contribution in [2.45, 2.75) is 38.3 Å². The number of benzene rings is 1. The fourth-order valence-electron chi connectivity index (χ4n) is 2.85. The molecule has 1 N–H and O–H groups in total. The Balaban J connectivity index is 1.77. The minimum absolute atomic E-state index is 0.0828. The van der Waals surface area contributed by atoms with Crippen LogP contribution in [0.5, 0.6) is 0 Å². The molecule has 116 valence electrons. The Labute approximate surface area is 128 Å². The van der Waals surface area contributed by atoms with E-state index in [9.17, 15) is 9.18 Å². The number of amides is 1. The highest BCUT2D eigenvalue weighted by atomic mass is 19.1. The number of nitrogens with zero attached hydrogens (tertiary/aromatic N) is 1. The second kappa shape index (κ2) is 5.65. The van der Waals surface area contributed by atoms with Gasteiger partial charge in [0.05, 0.1) is 16.7 Å². The van der Waals surface area contributed by atoms with E-state index in [0.29, 0.717) is 23.1 Å². The first kappa shape index (κ1) is 14.9. The van der Waals surface area contributed by atoms with Crippen molar-refractivity contribution in [2.75, 3.05) is 6.61 Å². The van der Waals surface area contributed by atoms with Crippen LogP contribution < -0.4 is 5.32 Å². The molecule has 0 saturated carbocycles. The molecular formula is C17H19FN2O2. The van der Waals surface area contributed by atoms with E-state index in [1.807, 2.05) is 13.8 Å². The summed E-state index contributed by atoms with van der Waals surface area (Å²) in [5, 5.41) is 3.64. The van der Waals surface area contributed by atoms with Crippen molar-refractivity contribution in [1.29, 1.82) is 0 Å². The predicted octanol–water partition coefficient (Wildman–Crippen LogP) is 3.06. The molecule has 3 rings (SSSR count). The third-order valence-corrected chi connectivity index (χ3v) is 3.94. The van der Waals surface area contributed by atoms with E-state index in [1.54, 1.807) is 12.1 Å². The van der Waals surface area contributed by atoms with E-state index >= 15 is 0 Å². The van der Waals surface area contributed by atoms with Gasteiger partial charge in [0.25, 0.3) is 5.91 Å². The Hall–Kier alpha value is -2.01. The Morgan fingerprint density at radius 1 is 1.41 bits per heavy atom. The van der Waals surface area contributed by atoms with Crippen LogP contribution in [-0.2, 0) is 4.74 Å². The van der Waals surface area contributed by atoms with Crippen LogP contribution in [0.4, 0.5) is 4.39 Å². The number of aromatic nitrogens is 1. The number of nitrogens with one attached hydrogen (secondary N) is 1. The maximum atomic E-state index is 13.3. The van der Waals surface area contributed by atoms with Crippen molar-refractivity contribution in [1.82, 2.24) is 10.3 Å². The predicted molar refractivity (Wildman–Crippen MR) is 82.2 cm³/mol. The molecule has 1 aromatic carbocycles. The molecule has 1 aliphatic rings. The molecule has 1 atom stereocenters. The number of rotatable bonds is 2. The molecule has 1 fully saturated rings. The van der Waals surface area contributed by atoms with Gasteiger partial charge in [0.1, 0.15) is 5.82 Å². The molecule has 1 saturated heterocycles. The Kier molecular flexibility index (Phi) is 3.83. The standard InChI is InChI=1S/C17H19FN2O2/c1-17(2)9-14(5-6-22-17)20-16(21)12-7-11-8-13(18)3-4-15(11)19-10-12/h3-4,7-8,10,14H,5-6,9H2,1-2H3,(H,20,21). The molecule has 0 radical (unpaired) electrons. The Morgan fingerprint density at radius 2 is 2.23 bits per heavy atom. The molecule has 1 amide bonds. The highest BCUT2D eigenvalue weighted by Crippen LogP contribution is 2.24. The van der Waals surface area contributed by atoms with E-state index in [2.05, 4.69) is 10.3 Å². The van der Waals surface area contributed by atoms with Gasteiger partial charge in [0, 0.05) is 24.2 Å². The van der Waals surface area contributed by atoms with Gasteiger partial charge in [-0.1, -0.05) is 0 Å². The zero-order valence-corrected chi connectivity index (χ0v) is 12.7. The van der Waals surface area contributed by atoms with Gasteiger partial charge in [-0.05, 0) is 51.0 Å². The summed E-state index contributed by atoms with van der Waals surface area (Å²) >= 11 is 0. The quantitative estimate of drug-likeness (QED) is 0.927. The third-order valence-electron chi connectivity index (χ3n) is 3.94. The molecule has 0 bridgehead atoms. The lowest BCUT2D eigenvalue weighted by molar-refractivity contribution is -0.0615. The van der Waals surface area contributed by atoms with Gasteiger partial charge >= 0.3 is 0 Å². The van der Waals surface area contributed by atoms with Gasteiger partial charge in [-0.25, -0.2) is 4.39 Å². The van der Waals surface area contributed by atoms with Gasteiger partial charge in [-0.3, -0.25) is 9.78 Å². The van der Waals surface area contributed by atoms with Crippen molar-refractivity contribution < 1.29 is 13.9 Å². The fraction of sp³-hybridized carbons (Fsp3) is 0.412. The first-order chi connectivity index (χ1) is 10.4. The van der Waals surface area contributed by atoms with Crippen LogP contribution in [-0.4, -0.2) is 29.1 Å². The average Bonchev–Trinajstić information content (AvgIpc) is 2.45. The smallest absolute Gasteiger partial charge is 0.253 e. The highest BCUT2D eigenvalue weighted by Gasteiger charge is 2.29. The van der Waals surface area contributed by atoms with Gasteiger partial charge in [-0.2, -0.15) is 0 Å². The second-order valence-electron chi connectivity index (χ2n) is 6.33. The minimum atomic E-state index is -0.335. The summed E-state index contributed by atoms with van der Waals surface area (Å²) in [6, 6.07) is 6.11. The van der Waals surface area contributed by atoms with Crippen LogP contribution in [0, 0.1) is 5.82 Å². The zero-order chi connectivity index (χ0) is 15.7. The van der Waals surface area contributed by atoms with Crippen LogP contribution in [0.25, 0.3) is 10.9 Å². The summed E-state index contributed by atoms with van der Waals surface area (Å²) in [6.45, 7) is 4.68. The molecule has 2 heterocycles. The molecule has 1 aliphatic heterocycles. The average molecular weight is 302 g/mol. The van der Waals surface area contributed by atoms with E-state index in [0.717, 1.165) is 12.8 Å². The normalized spacial score (nSPS) is 20.8. The molecule has 2 aromatic rings. The lowest BCUT2D eigenvalue weighted by Crippen LogP contribution is -2.45. The monoisotopic (exact) mass is 302 g/mol. The number of ether oxygens (including phenoxy) is 1. The van der Waals surface area contributed by atoms with Crippen LogP contribution >= 0.6 is 0 Å². The third kappa shape index (κ3) is 3.25. The zero-order valence-electron chi connectivity index (χ0n) is 12.7. The number of carbonyl (C=O) groups excluding carboxylic acids is 1. The lowest BCUT2D eigenvalue weighted by atomic mass is 9.94. The summed E-state index contributed by atoms with van der Waals surface area (Å²) in [6.07, 6.45) is 3.10. The molecule has 5 heteroatoms. The number of pyridine rings is 1. The SMILES string of the molecule is CC1(C)CC(NC(=O)c2cnc3ccc(F)cc3c2)CCO1. The van der Waals surface area contributed by atoms with Crippen LogP contribution in [0.1, 0.15) is 37.0 Å². The topological polar surface area (TPSA) is 51.2 Å². The first-order valence-electron chi connectivity index (χ1n) is 7.43. The lowest BCUT2D eigenvalue weighted by Gasteiger charge is -2.35. The summed E-state index contributed by atoms with van der Waals surface area (Å²) in [7, 11) is 0. The van der Waals surface area contributed by atoms with Crippen molar-refractivity contribution in [2.24, 2.45) is 0 Å². The molecule has 0 spiro atoms. The van der Waals surface area contributed by atoms with E-state index in [4.69, 9.17) is 4.74 Å². The van der Waals surface area contributed by atoms with E-state index in [-0.39, 0.29) is 23.4 Å². The molecular weight excluding hydrogens is 283 g/mol. The number of carbonyl (C=O) groups is 1. The maximum absolute atomic E-state index is 13.3. The number of hydrogen-bond donors (Lipinski definition) is 1. The number of hydrogen-bond acceptors (Lipinski definition) is 3. The summed E-state index contributed by atoms with van der Waals surface area (Å²) < 4.78 is 18.9. The fourth-order valence-corrected chi connectivity index (χ4v) is 2.85. The minimum Gasteiger partial charge on any atom is -0.375 e. The Bertz CT molecular complexity index is 715. The van der Waals surface area contributed by atoms with E-state index < -0.39 is 0 Å². The molecule has 1 aromatic heterocycles. The van der Waals surface area contributed by atoms with Crippen LogP contribution in [0.15, 0.2) is 30.5 Å². The van der Waals surface area contributed by atoms with Crippen LogP contribution in [0.3, 0.4) is 0 Å². The summed E-state index contributed by atoms with van der Waals surface area (Å²) in [5.74, 6) is -0.514. The van der Waals surface area contributed by atoms with Crippen molar-refractivity contribution in [3.05, 3.63) is 41.8 Å². The summed E-state index contributed by atoms with van der Waals surface area (Å²) in [5.41, 5.74) is 0.897. The van der Waals surface area contributed by atoms with Gasteiger partial charge in [-0.15, -0.1) is 0 Å². The largest absolute Gasteiger partial charge is 0.375 e. The van der Waals surface area contributed by atoms with Crippen molar-refractivity contribution in [3.63, 3.8) is 0 Å².